The van der Waals surface area contributed by atoms with Crippen molar-refractivity contribution in [3.05, 3.63) is 85.0 Å². The standard InChI is InChI=1S/C27H26FN7O2/c1-2-23(36)33-20-9-10-31-22(13-20)24-21(28)8-3-17-14-32-26(35-25(17)24)34-19-6-4-18(5-7-19)27(15-29)16-30-11-12-37-27/h2-10,13-14,30H,1,11-12,15-16,29H2,(H,31,33,36)(H,32,34,35)/t27-/m0/s1. The number of anilines is 3. The number of ether oxygens (including phenoxy) is 1. The molecule has 188 valence electrons. The fourth-order valence-electron chi connectivity index (χ4n) is 4.30. The summed E-state index contributed by atoms with van der Waals surface area (Å²) in [4.78, 5) is 25.0. The molecule has 1 saturated heterocycles. The van der Waals surface area contributed by atoms with Crippen LogP contribution in [0.5, 0.6) is 0 Å². The Morgan fingerprint density at radius 3 is 2.76 bits per heavy atom. The van der Waals surface area contributed by atoms with Crippen molar-refractivity contribution in [3.63, 3.8) is 0 Å². The molecule has 0 bridgehead atoms. The van der Waals surface area contributed by atoms with Gasteiger partial charge in [-0.25, -0.2) is 14.4 Å². The Balaban J connectivity index is 1.46. The number of hydrogen-bond acceptors (Lipinski definition) is 8. The van der Waals surface area contributed by atoms with Gasteiger partial charge in [-0.3, -0.25) is 9.78 Å². The van der Waals surface area contributed by atoms with Gasteiger partial charge in [-0.15, -0.1) is 0 Å². The van der Waals surface area contributed by atoms with Crippen molar-refractivity contribution in [2.45, 2.75) is 5.60 Å². The summed E-state index contributed by atoms with van der Waals surface area (Å²) in [5.74, 6) is -0.569. The monoisotopic (exact) mass is 499 g/mol. The zero-order valence-corrected chi connectivity index (χ0v) is 20.0. The minimum Gasteiger partial charge on any atom is -0.366 e. The zero-order valence-electron chi connectivity index (χ0n) is 20.0. The van der Waals surface area contributed by atoms with E-state index in [1.807, 2.05) is 24.3 Å². The summed E-state index contributed by atoms with van der Waals surface area (Å²) in [6, 6.07) is 13.9. The van der Waals surface area contributed by atoms with E-state index in [0.29, 0.717) is 47.9 Å². The van der Waals surface area contributed by atoms with Gasteiger partial charge in [0.2, 0.25) is 11.9 Å². The van der Waals surface area contributed by atoms with Crippen LogP contribution in [0.2, 0.25) is 0 Å². The number of aromatic nitrogens is 3. The smallest absolute Gasteiger partial charge is 0.247 e. The van der Waals surface area contributed by atoms with E-state index < -0.39 is 11.4 Å². The van der Waals surface area contributed by atoms with E-state index in [-0.39, 0.29) is 11.5 Å². The zero-order chi connectivity index (χ0) is 25.8. The van der Waals surface area contributed by atoms with Crippen LogP contribution in [0.4, 0.5) is 21.7 Å². The minimum absolute atomic E-state index is 0.208. The van der Waals surface area contributed by atoms with Gasteiger partial charge in [0.05, 0.1) is 23.4 Å². The van der Waals surface area contributed by atoms with E-state index in [4.69, 9.17) is 10.5 Å². The van der Waals surface area contributed by atoms with Crippen LogP contribution >= 0.6 is 0 Å². The molecule has 5 N–H and O–H groups in total. The lowest BCUT2D eigenvalue weighted by molar-refractivity contribution is -0.111. The van der Waals surface area contributed by atoms with Crippen molar-refractivity contribution >= 4 is 34.1 Å². The molecule has 37 heavy (non-hydrogen) atoms. The summed E-state index contributed by atoms with van der Waals surface area (Å²) in [5, 5.41) is 9.82. The molecule has 5 rings (SSSR count). The molecule has 10 heteroatoms. The van der Waals surface area contributed by atoms with Gasteiger partial charge >= 0.3 is 0 Å². The molecule has 2 aromatic heterocycles. The second-order valence-corrected chi connectivity index (χ2v) is 8.60. The van der Waals surface area contributed by atoms with Crippen LogP contribution in [0.15, 0.2) is 73.6 Å². The van der Waals surface area contributed by atoms with E-state index in [1.165, 1.54) is 12.3 Å². The molecule has 1 atom stereocenters. The third-order valence-electron chi connectivity index (χ3n) is 6.24. The largest absolute Gasteiger partial charge is 0.366 e. The number of amides is 1. The number of rotatable bonds is 7. The van der Waals surface area contributed by atoms with Crippen LogP contribution in [-0.4, -0.2) is 47.1 Å². The predicted octanol–water partition coefficient (Wildman–Crippen LogP) is 3.47. The van der Waals surface area contributed by atoms with Crippen LogP contribution in [0, 0.1) is 5.82 Å². The average Bonchev–Trinajstić information content (AvgIpc) is 2.93. The summed E-state index contributed by atoms with van der Waals surface area (Å²) < 4.78 is 21.1. The van der Waals surface area contributed by atoms with Gasteiger partial charge in [-0.05, 0) is 48.0 Å². The molecule has 3 heterocycles. The SMILES string of the molecule is C=CC(=O)Nc1ccnc(-c2c(F)ccc3cnc(Nc4ccc([C@]5(CN)CNCCO5)cc4)nc23)c1. The first-order valence-corrected chi connectivity index (χ1v) is 11.8. The summed E-state index contributed by atoms with van der Waals surface area (Å²) in [5.41, 5.74) is 8.59. The van der Waals surface area contributed by atoms with Gasteiger partial charge in [-0.2, -0.15) is 0 Å². The first-order chi connectivity index (χ1) is 18.0. The predicted molar refractivity (Wildman–Crippen MR) is 141 cm³/mol. The highest BCUT2D eigenvalue weighted by molar-refractivity contribution is 6.00. The van der Waals surface area contributed by atoms with E-state index in [0.717, 1.165) is 23.9 Å². The summed E-state index contributed by atoms with van der Waals surface area (Å²) in [7, 11) is 0. The quantitative estimate of drug-likeness (QED) is 0.285. The lowest BCUT2D eigenvalue weighted by atomic mass is 9.92. The number of carbonyl (C=O) groups excluding carboxylic acids is 1. The highest BCUT2D eigenvalue weighted by atomic mass is 19.1. The van der Waals surface area contributed by atoms with Gasteiger partial charge in [0.25, 0.3) is 0 Å². The van der Waals surface area contributed by atoms with Gasteiger partial charge < -0.3 is 26.4 Å². The number of nitrogens with one attached hydrogen (secondary N) is 3. The van der Waals surface area contributed by atoms with Gasteiger partial charge in [0.1, 0.15) is 11.4 Å². The maximum atomic E-state index is 15.1. The Morgan fingerprint density at radius 2 is 2.03 bits per heavy atom. The van der Waals surface area contributed by atoms with E-state index in [2.05, 4.69) is 37.5 Å². The molecule has 1 amide bonds. The maximum absolute atomic E-state index is 15.1. The number of carbonyl (C=O) groups is 1. The van der Waals surface area contributed by atoms with Crippen LogP contribution in [0.1, 0.15) is 5.56 Å². The van der Waals surface area contributed by atoms with Crippen LogP contribution in [-0.2, 0) is 15.1 Å². The molecule has 1 fully saturated rings. The molecule has 0 saturated carbocycles. The molecular formula is C27H26FN7O2. The number of morpholine rings is 1. The lowest BCUT2D eigenvalue weighted by Crippen LogP contribution is -2.51. The third-order valence-corrected chi connectivity index (χ3v) is 6.24. The lowest BCUT2D eigenvalue weighted by Gasteiger charge is -2.37. The number of fused-ring (bicyclic) bond motifs is 1. The van der Waals surface area contributed by atoms with Crippen molar-refractivity contribution in [2.24, 2.45) is 5.73 Å². The van der Waals surface area contributed by atoms with Crippen molar-refractivity contribution in [1.82, 2.24) is 20.3 Å². The highest BCUT2D eigenvalue weighted by Gasteiger charge is 2.33. The Hall–Kier alpha value is -4.25. The van der Waals surface area contributed by atoms with Gasteiger partial charge in [0.15, 0.2) is 0 Å². The molecule has 9 nitrogen and oxygen atoms in total. The number of benzene rings is 2. The number of halogens is 1. The third kappa shape index (κ3) is 5.03. The van der Waals surface area contributed by atoms with Crippen molar-refractivity contribution < 1.29 is 13.9 Å². The van der Waals surface area contributed by atoms with Crippen molar-refractivity contribution in [1.29, 1.82) is 0 Å². The second-order valence-electron chi connectivity index (χ2n) is 8.60. The van der Waals surface area contributed by atoms with E-state index in [9.17, 15) is 4.79 Å². The fraction of sp³-hybridized carbons (Fsp3) is 0.185. The molecule has 0 aliphatic carbocycles. The van der Waals surface area contributed by atoms with Crippen molar-refractivity contribution in [3.8, 4) is 11.3 Å². The Kier molecular flexibility index (Phi) is 6.87. The minimum atomic E-state index is -0.560. The average molecular weight is 500 g/mol. The molecule has 2 aromatic carbocycles. The highest BCUT2D eigenvalue weighted by Crippen LogP contribution is 2.32. The molecule has 0 unspecified atom stereocenters. The van der Waals surface area contributed by atoms with Crippen LogP contribution < -0.4 is 21.7 Å². The molecule has 1 aliphatic rings. The Bertz CT molecular complexity index is 1450. The van der Waals surface area contributed by atoms with E-state index in [1.54, 1.807) is 24.4 Å². The summed E-state index contributed by atoms with van der Waals surface area (Å²) in [6.45, 7) is 5.85. The molecule has 4 aromatic rings. The Morgan fingerprint density at radius 1 is 1.19 bits per heavy atom. The van der Waals surface area contributed by atoms with Crippen LogP contribution in [0.3, 0.4) is 0 Å². The van der Waals surface area contributed by atoms with Crippen LogP contribution in [0.25, 0.3) is 22.2 Å². The molecule has 0 spiro atoms. The first-order valence-electron chi connectivity index (χ1n) is 11.8. The normalized spacial score (nSPS) is 17.4. The summed E-state index contributed by atoms with van der Waals surface area (Å²) in [6.07, 6.45) is 4.27. The number of nitrogens with zero attached hydrogens (tertiary/aromatic N) is 3. The Labute approximate surface area is 213 Å². The van der Waals surface area contributed by atoms with Crippen molar-refractivity contribution in [2.75, 3.05) is 36.9 Å². The fourth-order valence-corrected chi connectivity index (χ4v) is 4.30. The maximum Gasteiger partial charge on any atom is 0.247 e. The topological polar surface area (TPSA) is 127 Å². The second kappa shape index (κ2) is 10.4. The number of pyridine rings is 1. The van der Waals surface area contributed by atoms with Gasteiger partial charge in [0, 0.05) is 48.8 Å². The molecule has 0 radical (unpaired) electrons. The number of nitrogens with two attached hydrogens (primary N) is 1. The molecular weight excluding hydrogens is 473 g/mol. The number of hydrogen-bond donors (Lipinski definition) is 4. The van der Waals surface area contributed by atoms with Gasteiger partial charge in [-0.1, -0.05) is 18.7 Å². The first kappa shape index (κ1) is 24.4. The van der Waals surface area contributed by atoms with E-state index >= 15 is 4.39 Å². The molecule has 1 aliphatic heterocycles. The summed E-state index contributed by atoms with van der Waals surface area (Å²) >= 11 is 0.